The summed E-state index contributed by atoms with van der Waals surface area (Å²) in [6.07, 6.45) is 7.16. The first-order valence-electron chi connectivity index (χ1n) is 19.7. The normalized spacial score (nSPS) is 11.2. The number of rotatable bonds is 12. The molecule has 0 aliphatic heterocycles. The van der Waals surface area contributed by atoms with E-state index >= 15 is 0 Å². The molecule has 0 radical (unpaired) electrons. The minimum atomic E-state index is -2.52. The van der Waals surface area contributed by atoms with Crippen LogP contribution in [0.25, 0.3) is 66.1 Å². The van der Waals surface area contributed by atoms with Gasteiger partial charge in [0.25, 0.3) is 0 Å². The van der Waals surface area contributed by atoms with E-state index in [2.05, 4.69) is 185 Å². The van der Waals surface area contributed by atoms with E-state index in [-0.39, 0.29) is 51.0 Å². The van der Waals surface area contributed by atoms with Gasteiger partial charge in [0.05, 0.1) is 0 Å². The first-order chi connectivity index (χ1) is 26.0. The smallest absolute Gasteiger partial charge is 1.00 e. The monoisotopic (exact) mass is 862 g/mol. The van der Waals surface area contributed by atoms with Crippen LogP contribution in [0.15, 0.2) is 158 Å². The fraction of sp³-hybridized carbons (Fsp3) is 0.192. The predicted molar refractivity (Wildman–Crippen MR) is 235 cm³/mol. The minimum Gasteiger partial charge on any atom is -1.00 e. The van der Waals surface area contributed by atoms with Crippen LogP contribution in [0, 0.1) is 0 Å². The molecule has 8 rings (SSSR count). The van der Waals surface area contributed by atoms with Crippen molar-refractivity contribution in [3.8, 4) is 44.5 Å². The van der Waals surface area contributed by atoms with Gasteiger partial charge < -0.3 is 24.8 Å². The molecule has 0 amide bonds. The van der Waals surface area contributed by atoms with Crippen LogP contribution in [0.3, 0.4) is 0 Å². The average molecular weight is 865 g/mol. The summed E-state index contributed by atoms with van der Waals surface area (Å²) in [6.45, 7) is 9.78. The molecule has 0 atom stereocenters. The van der Waals surface area contributed by atoms with Crippen molar-refractivity contribution in [2.45, 2.75) is 65.5 Å². The van der Waals surface area contributed by atoms with E-state index in [4.69, 9.17) is 0 Å². The maximum absolute atomic E-state index is 2.62. The molecule has 4 heteroatoms. The summed E-state index contributed by atoms with van der Waals surface area (Å²) in [5, 5.41) is 8.53. The van der Waals surface area contributed by atoms with Crippen molar-refractivity contribution in [2.75, 3.05) is 0 Å². The van der Waals surface area contributed by atoms with Gasteiger partial charge in [0.1, 0.15) is 0 Å². The summed E-state index contributed by atoms with van der Waals surface area (Å²) in [5.74, 6) is 0. The molecule has 0 N–H and O–H groups in total. The van der Waals surface area contributed by atoms with Crippen molar-refractivity contribution in [1.82, 2.24) is 0 Å². The second kappa shape index (κ2) is 19.1. The molecule has 0 nitrogen and oxygen atoms in total. The SMILES string of the molecule is CCCCc1ccc(-c2cccc3[cH-]c(-c4ccccc4)c([Si](C)(C)c4c(-c5ccccc5)[cH-]c5cccc(-c6ccc(CCCC)cc6)c45)c23)cc1.[Cl-].[Cl-].[Zr+4]. The van der Waals surface area contributed by atoms with Crippen molar-refractivity contribution in [1.29, 1.82) is 0 Å². The van der Waals surface area contributed by atoms with Crippen molar-refractivity contribution in [2.24, 2.45) is 0 Å². The molecule has 0 aliphatic carbocycles. The number of halogens is 2. The average Bonchev–Trinajstić information content (AvgIpc) is 3.81. The third-order valence-electron chi connectivity index (χ3n) is 11.4. The van der Waals surface area contributed by atoms with Crippen LogP contribution in [0.4, 0.5) is 0 Å². The molecule has 0 heterocycles. The van der Waals surface area contributed by atoms with Crippen LogP contribution in [-0.4, -0.2) is 8.07 Å². The first-order valence-corrected chi connectivity index (χ1v) is 22.7. The molecular weight excluding hydrogens is 815 g/mol. The molecule has 0 aliphatic rings. The molecule has 280 valence electrons. The van der Waals surface area contributed by atoms with Gasteiger partial charge in [0.15, 0.2) is 0 Å². The molecule has 56 heavy (non-hydrogen) atoms. The number of hydrogen-bond donors (Lipinski definition) is 0. The topological polar surface area (TPSA) is 0 Å². The van der Waals surface area contributed by atoms with Crippen LogP contribution in [-0.2, 0) is 39.0 Å². The number of unbranched alkanes of at least 4 members (excludes halogenated alkanes) is 2. The predicted octanol–water partition coefficient (Wildman–Crippen LogP) is 7.61. The van der Waals surface area contributed by atoms with Crippen LogP contribution < -0.4 is 35.2 Å². The van der Waals surface area contributed by atoms with Crippen molar-refractivity contribution in [3.05, 3.63) is 169 Å². The minimum absolute atomic E-state index is 0. The summed E-state index contributed by atoms with van der Waals surface area (Å²) < 4.78 is 0. The molecular formula is C52H50Cl2SiZr. The van der Waals surface area contributed by atoms with E-state index in [1.54, 1.807) is 0 Å². The Morgan fingerprint density at radius 1 is 0.429 bits per heavy atom. The zero-order chi connectivity index (χ0) is 36.4. The van der Waals surface area contributed by atoms with Crippen LogP contribution in [0.5, 0.6) is 0 Å². The Morgan fingerprint density at radius 3 is 1.16 bits per heavy atom. The molecule has 0 saturated heterocycles. The van der Waals surface area contributed by atoms with E-state index in [9.17, 15) is 0 Å². The van der Waals surface area contributed by atoms with Crippen molar-refractivity contribution < 1.29 is 51.0 Å². The van der Waals surface area contributed by atoms with Gasteiger partial charge in [0.2, 0.25) is 0 Å². The van der Waals surface area contributed by atoms with Gasteiger partial charge in [-0.15, -0.1) is 67.3 Å². The second-order valence-corrected chi connectivity index (χ2v) is 19.6. The quantitative estimate of drug-likeness (QED) is 0.0878. The Bertz CT molecular complexity index is 2300. The molecule has 0 saturated carbocycles. The largest absolute Gasteiger partial charge is 4.00 e. The van der Waals surface area contributed by atoms with Gasteiger partial charge in [-0.2, -0.15) is 0 Å². The first kappa shape index (κ1) is 43.3. The number of aryl methyl sites for hydroxylation is 2. The standard InChI is InChI=1S/C52H50Si.2ClH.Zr/c1-5-7-17-37-27-31-41(32-28-37)45-25-15-23-43-35-47(39-19-11-9-12-20-39)51(49(43)45)53(3,4)52-48(40-21-13-10-14-22-40)36-44-24-16-26-46(50(44)52)42-33-29-38(30-34-42)18-8-6-2;;;/h9-16,19-36H,5-8,17-18H2,1-4H3;2*1H;/q-2;;;+4/p-2. The Kier molecular flexibility index (Phi) is 14.8. The number of hydrogen-bond acceptors (Lipinski definition) is 0. The van der Waals surface area contributed by atoms with Crippen LogP contribution in [0.1, 0.15) is 50.7 Å². The maximum Gasteiger partial charge on any atom is 4.00 e. The van der Waals surface area contributed by atoms with Gasteiger partial charge in [-0.3, -0.25) is 0 Å². The molecule has 0 aromatic heterocycles. The molecule has 0 bridgehead atoms. The van der Waals surface area contributed by atoms with Gasteiger partial charge in [-0.1, -0.05) is 195 Å². The van der Waals surface area contributed by atoms with Gasteiger partial charge in [-0.25, -0.2) is 0 Å². The van der Waals surface area contributed by atoms with Gasteiger partial charge in [-0.05, 0) is 47.9 Å². The Morgan fingerprint density at radius 2 is 0.804 bits per heavy atom. The van der Waals surface area contributed by atoms with Gasteiger partial charge in [0, 0.05) is 8.07 Å². The van der Waals surface area contributed by atoms with Crippen molar-refractivity contribution in [3.63, 3.8) is 0 Å². The van der Waals surface area contributed by atoms with E-state index in [1.165, 1.54) is 113 Å². The fourth-order valence-corrected chi connectivity index (χ4v) is 12.6. The summed E-state index contributed by atoms with van der Waals surface area (Å²) >= 11 is 0. The van der Waals surface area contributed by atoms with Gasteiger partial charge >= 0.3 is 26.2 Å². The molecule has 0 spiro atoms. The van der Waals surface area contributed by atoms with Crippen molar-refractivity contribution >= 4 is 40.0 Å². The second-order valence-electron chi connectivity index (χ2n) is 15.4. The maximum atomic E-state index is 2.62. The van der Waals surface area contributed by atoms with E-state index in [1.807, 2.05) is 0 Å². The molecule has 0 fully saturated rings. The number of benzene rings is 6. The molecule has 0 unspecified atom stereocenters. The third-order valence-corrected chi connectivity index (χ3v) is 15.0. The molecule has 8 aromatic rings. The Hall–Kier alpha value is -3.78. The van der Waals surface area contributed by atoms with E-state index in [0.29, 0.717) is 0 Å². The zero-order valence-electron chi connectivity index (χ0n) is 33.0. The summed E-state index contributed by atoms with van der Waals surface area (Å²) in [5.41, 5.74) is 13.4. The summed E-state index contributed by atoms with van der Waals surface area (Å²) in [6, 6.07) is 60.0. The summed E-state index contributed by atoms with van der Waals surface area (Å²) in [7, 11) is -2.52. The Labute approximate surface area is 367 Å². The summed E-state index contributed by atoms with van der Waals surface area (Å²) in [4.78, 5) is 0. The van der Waals surface area contributed by atoms with E-state index < -0.39 is 8.07 Å². The van der Waals surface area contributed by atoms with Crippen LogP contribution in [0.2, 0.25) is 13.1 Å². The molecule has 8 aromatic carbocycles. The zero-order valence-corrected chi connectivity index (χ0v) is 38.0. The fourth-order valence-electron chi connectivity index (χ4n) is 8.72. The third kappa shape index (κ3) is 8.42. The number of fused-ring (bicyclic) bond motifs is 2. The van der Waals surface area contributed by atoms with Crippen LogP contribution >= 0.6 is 0 Å². The Balaban J connectivity index is 0.00000200. The van der Waals surface area contributed by atoms with E-state index in [0.717, 1.165) is 12.8 Å².